The van der Waals surface area contributed by atoms with E-state index in [4.69, 9.17) is 0 Å². The van der Waals surface area contributed by atoms with Crippen molar-refractivity contribution in [1.29, 1.82) is 0 Å². The van der Waals surface area contributed by atoms with E-state index in [2.05, 4.69) is 5.32 Å². The van der Waals surface area contributed by atoms with Gasteiger partial charge in [0, 0.05) is 31.2 Å². The van der Waals surface area contributed by atoms with Gasteiger partial charge in [-0.15, -0.1) is 23.5 Å². The lowest BCUT2D eigenvalue weighted by Crippen LogP contribution is -2.24. The van der Waals surface area contributed by atoms with Crippen molar-refractivity contribution in [3.63, 3.8) is 0 Å². The highest BCUT2D eigenvalue weighted by Crippen LogP contribution is 2.45. The lowest BCUT2D eigenvalue weighted by atomic mass is 10.1. The fourth-order valence-electron chi connectivity index (χ4n) is 2.56. The first-order valence-corrected chi connectivity index (χ1v) is 10.1. The molecule has 0 unspecified atom stereocenters. The van der Waals surface area contributed by atoms with E-state index in [9.17, 15) is 9.59 Å². The van der Waals surface area contributed by atoms with Gasteiger partial charge in [-0.05, 0) is 29.8 Å². The molecular weight excluding hydrogens is 352 g/mol. The molecule has 1 fully saturated rings. The second-order valence-electron chi connectivity index (χ2n) is 5.89. The van der Waals surface area contributed by atoms with Crippen LogP contribution in [0.25, 0.3) is 0 Å². The summed E-state index contributed by atoms with van der Waals surface area (Å²) in [6.45, 7) is 0. The Morgan fingerprint density at radius 2 is 1.64 bits per heavy atom. The van der Waals surface area contributed by atoms with Crippen LogP contribution in [0.2, 0.25) is 0 Å². The van der Waals surface area contributed by atoms with Crippen molar-refractivity contribution in [2.75, 3.05) is 30.9 Å². The highest BCUT2D eigenvalue weighted by Gasteiger charge is 2.19. The molecule has 0 spiro atoms. The number of carbonyl (C=O) groups is 2. The summed E-state index contributed by atoms with van der Waals surface area (Å²) in [5, 5.41) is 2.85. The molecule has 6 heteroatoms. The molecule has 1 aliphatic heterocycles. The molecule has 25 heavy (non-hydrogen) atoms. The molecule has 0 aliphatic carbocycles. The topological polar surface area (TPSA) is 49.4 Å². The highest BCUT2D eigenvalue weighted by atomic mass is 32.2. The molecule has 4 nitrogen and oxygen atoms in total. The minimum Gasteiger partial charge on any atom is -0.345 e. The summed E-state index contributed by atoms with van der Waals surface area (Å²) in [4.78, 5) is 26.3. The van der Waals surface area contributed by atoms with Gasteiger partial charge in [-0.2, -0.15) is 0 Å². The molecule has 3 rings (SSSR count). The number of hydrogen-bond acceptors (Lipinski definition) is 4. The van der Waals surface area contributed by atoms with Gasteiger partial charge in [0.2, 0.25) is 0 Å². The van der Waals surface area contributed by atoms with Crippen molar-refractivity contribution < 1.29 is 9.59 Å². The van der Waals surface area contributed by atoms with Crippen molar-refractivity contribution in [2.24, 2.45) is 0 Å². The monoisotopic (exact) mass is 372 g/mol. The first kappa shape index (κ1) is 17.9. The molecular formula is C19H20N2O2S2. The minimum absolute atomic E-state index is 0.137. The van der Waals surface area contributed by atoms with Crippen LogP contribution in [-0.4, -0.2) is 42.3 Å². The van der Waals surface area contributed by atoms with Crippen molar-refractivity contribution in [1.82, 2.24) is 4.90 Å². The van der Waals surface area contributed by atoms with Crippen LogP contribution >= 0.6 is 23.5 Å². The van der Waals surface area contributed by atoms with Crippen molar-refractivity contribution in [3.8, 4) is 0 Å². The molecule has 0 aromatic heterocycles. The van der Waals surface area contributed by atoms with E-state index in [-0.39, 0.29) is 11.8 Å². The molecule has 2 amide bonds. The zero-order valence-electron chi connectivity index (χ0n) is 14.2. The van der Waals surface area contributed by atoms with E-state index in [0.717, 1.165) is 0 Å². The number of amides is 2. The molecule has 1 N–H and O–H groups in total. The van der Waals surface area contributed by atoms with Gasteiger partial charge in [-0.1, -0.05) is 24.3 Å². The van der Waals surface area contributed by atoms with Crippen LogP contribution in [0.5, 0.6) is 0 Å². The number of carbonyl (C=O) groups excluding carboxylic acids is 2. The normalized spacial score (nSPS) is 14.3. The van der Waals surface area contributed by atoms with Gasteiger partial charge in [0.05, 0.1) is 15.8 Å². The van der Waals surface area contributed by atoms with Crippen LogP contribution in [0.3, 0.4) is 0 Å². The Hall–Kier alpha value is -1.92. The maximum Gasteiger partial charge on any atom is 0.255 e. The SMILES string of the molecule is CN(C)C(=O)c1ccccc1NC(=O)c1ccc(C2SCCS2)cc1. The van der Waals surface area contributed by atoms with Crippen molar-refractivity contribution >= 4 is 41.0 Å². The van der Waals surface area contributed by atoms with Gasteiger partial charge >= 0.3 is 0 Å². The number of rotatable bonds is 4. The predicted molar refractivity (Wildman–Crippen MR) is 107 cm³/mol. The molecule has 1 heterocycles. The molecule has 0 atom stereocenters. The summed E-state index contributed by atoms with van der Waals surface area (Å²) in [5.74, 6) is 2.00. The van der Waals surface area contributed by atoms with E-state index < -0.39 is 0 Å². The Kier molecular flexibility index (Phi) is 5.71. The van der Waals surface area contributed by atoms with Crippen LogP contribution in [0, 0.1) is 0 Å². The fourth-order valence-corrected chi connectivity index (χ4v) is 5.42. The maximum absolute atomic E-state index is 12.5. The minimum atomic E-state index is -0.211. The Morgan fingerprint density at radius 1 is 1.00 bits per heavy atom. The summed E-state index contributed by atoms with van der Waals surface area (Å²) >= 11 is 3.88. The zero-order chi connectivity index (χ0) is 17.8. The standard InChI is InChI=1S/C19H20N2O2S2/c1-21(2)18(23)15-5-3-4-6-16(15)20-17(22)13-7-9-14(10-8-13)19-24-11-12-25-19/h3-10,19H,11-12H2,1-2H3,(H,20,22). The number of para-hydroxylation sites is 1. The van der Waals surface area contributed by atoms with Crippen molar-refractivity contribution in [2.45, 2.75) is 4.58 Å². The Morgan fingerprint density at radius 3 is 2.28 bits per heavy atom. The van der Waals surface area contributed by atoms with Gasteiger partial charge in [0.1, 0.15) is 0 Å². The van der Waals surface area contributed by atoms with Crippen molar-refractivity contribution in [3.05, 3.63) is 65.2 Å². The second-order valence-corrected chi connectivity index (χ2v) is 8.62. The Labute approximate surface area is 156 Å². The Bertz CT molecular complexity index is 769. The van der Waals surface area contributed by atoms with E-state index in [1.165, 1.54) is 22.0 Å². The van der Waals surface area contributed by atoms with Gasteiger partial charge in [-0.25, -0.2) is 0 Å². The third-order valence-corrected chi connectivity index (χ3v) is 6.98. The molecule has 0 bridgehead atoms. The summed E-state index contributed by atoms with van der Waals surface area (Å²) in [5.41, 5.74) is 2.84. The first-order valence-electron chi connectivity index (χ1n) is 8.01. The largest absolute Gasteiger partial charge is 0.345 e. The average molecular weight is 373 g/mol. The van der Waals surface area contributed by atoms with Crippen LogP contribution in [0.4, 0.5) is 5.69 Å². The summed E-state index contributed by atoms with van der Waals surface area (Å²) < 4.78 is 0.468. The van der Waals surface area contributed by atoms with Gasteiger partial charge in [0.15, 0.2) is 0 Å². The number of benzene rings is 2. The number of anilines is 1. The zero-order valence-corrected chi connectivity index (χ0v) is 15.8. The van der Waals surface area contributed by atoms with E-state index in [1.807, 2.05) is 47.8 Å². The lowest BCUT2D eigenvalue weighted by molar-refractivity contribution is 0.0828. The first-order chi connectivity index (χ1) is 12.1. The summed E-state index contributed by atoms with van der Waals surface area (Å²) in [7, 11) is 3.39. The maximum atomic E-state index is 12.5. The van der Waals surface area contributed by atoms with E-state index >= 15 is 0 Å². The van der Waals surface area contributed by atoms with Crippen LogP contribution in [-0.2, 0) is 0 Å². The predicted octanol–water partition coefficient (Wildman–Crippen LogP) is 4.12. The van der Waals surface area contributed by atoms with E-state index in [1.54, 1.807) is 38.4 Å². The average Bonchev–Trinajstić information content (AvgIpc) is 3.16. The quantitative estimate of drug-likeness (QED) is 0.877. The lowest BCUT2D eigenvalue weighted by Gasteiger charge is -2.15. The molecule has 130 valence electrons. The smallest absolute Gasteiger partial charge is 0.255 e. The fraction of sp³-hybridized carbons (Fsp3) is 0.263. The molecule has 1 saturated heterocycles. The second kappa shape index (κ2) is 7.97. The number of thioether (sulfide) groups is 2. The number of nitrogens with one attached hydrogen (secondary N) is 1. The molecule has 0 radical (unpaired) electrons. The molecule has 1 aliphatic rings. The molecule has 0 saturated carbocycles. The van der Waals surface area contributed by atoms with Crippen LogP contribution < -0.4 is 5.32 Å². The molecule has 2 aromatic rings. The highest BCUT2D eigenvalue weighted by molar-refractivity contribution is 8.19. The third-order valence-electron chi connectivity index (χ3n) is 3.88. The summed E-state index contributed by atoms with van der Waals surface area (Å²) in [6, 6.07) is 14.8. The van der Waals surface area contributed by atoms with E-state index in [0.29, 0.717) is 21.4 Å². The Balaban J connectivity index is 1.75. The van der Waals surface area contributed by atoms with Gasteiger partial charge in [0.25, 0.3) is 11.8 Å². The van der Waals surface area contributed by atoms with Gasteiger partial charge < -0.3 is 10.2 Å². The third kappa shape index (κ3) is 4.19. The van der Waals surface area contributed by atoms with Gasteiger partial charge in [-0.3, -0.25) is 9.59 Å². The van der Waals surface area contributed by atoms with Crippen LogP contribution in [0.15, 0.2) is 48.5 Å². The number of nitrogens with zero attached hydrogens (tertiary/aromatic N) is 1. The van der Waals surface area contributed by atoms with Crippen LogP contribution in [0.1, 0.15) is 30.9 Å². The number of hydrogen-bond donors (Lipinski definition) is 1. The summed E-state index contributed by atoms with van der Waals surface area (Å²) in [6.07, 6.45) is 0. The molecule has 2 aromatic carbocycles.